The molecule has 0 aliphatic carbocycles. The van der Waals surface area contributed by atoms with Gasteiger partial charge in [0.1, 0.15) is 6.61 Å². The lowest BCUT2D eigenvalue weighted by molar-refractivity contribution is -0.142. The van der Waals surface area contributed by atoms with Crippen LogP contribution < -0.4 is 0 Å². The van der Waals surface area contributed by atoms with Crippen molar-refractivity contribution in [1.29, 1.82) is 5.26 Å². The van der Waals surface area contributed by atoms with E-state index in [0.717, 1.165) is 0 Å². The highest BCUT2D eigenvalue weighted by atomic mass is 16.5. The Morgan fingerprint density at radius 3 is 2.38 bits per heavy atom. The summed E-state index contributed by atoms with van der Waals surface area (Å²) in [6.07, 6.45) is 0.361. The minimum atomic E-state index is -0.312. The molecule has 0 rings (SSSR count). The summed E-state index contributed by atoms with van der Waals surface area (Å²) in [6.45, 7) is 10.2. The van der Waals surface area contributed by atoms with Gasteiger partial charge in [0.25, 0.3) is 0 Å². The molecule has 4 nitrogen and oxygen atoms in total. The number of nitriles is 1. The minimum Gasteiger partial charge on any atom is -0.366 e. The molecule has 0 aliphatic rings. The van der Waals surface area contributed by atoms with Crippen LogP contribution in [0, 0.1) is 11.3 Å². The van der Waals surface area contributed by atoms with Gasteiger partial charge < -0.3 is 9.64 Å². The zero-order chi connectivity index (χ0) is 12.8. The van der Waals surface area contributed by atoms with Crippen molar-refractivity contribution in [2.45, 2.75) is 52.7 Å². The first-order valence-electron chi connectivity index (χ1n) is 5.58. The first kappa shape index (κ1) is 14.9. The molecule has 0 heterocycles. The van der Waals surface area contributed by atoms with Crippen molar-refractivity contribution >= 4 is 5.91 Å². The number of hydrogen-bond acceptors (Lipinski definition) is 3. The summed E-state index contributed by atoms with van der Waals surface area (Å²) in [5.41, 5.74) is -0.312. The standard InChI is InChI=1S/C12H22N2O2/c1-10(2)14(8-6-7-13)11(15)9-16-12(3,4)5/h10H,6,8-9H2,1-5H3. The normalized spacial score (nSPS) is 11.3. The molecule has 16 heavy (non-hydrogen) atoms. The van der Waals surface area contributed by atoms with Crippen LogP contribution in [0.15, 0.2) is 0 Å². The third-order valence-electron chi connectivity index (χ3n) is 2.04. The van der Waals surface area contributed by atoms with Gasteiger partial charge in [-0.2, -0.15) is 5.26 Å². The smallest absolute Gasteiger partial charge is 0.248 e. The summed E-state index contributed by atoms with van der Waals surface area (Å²) in [4.78, 5) is 13.5. The van der Waals surface area contributed by atoms with E-state index in [9.17, 15) is 4.79 Å². The Morgan fingerprint density at radius 1 is 1.44 bits per heavy atom. The molecule has 0 aromatic carbocycles. The Bertz CT molecular complexity index is 261. The van der Waals surface area contributed by atoms with Gasteiger partial charge in [0, 0.05) is 12.6 Å². The van der Waals surface area contributed by atoms with Crippen molar-refractivity contribution in [1.82, 2.24) is 4.90 Å². The molecule has 0 aliphatic heterocycles. The molecular weight excluding hydrogens is 204 g/mol. The van der Waals surface area contributed by atoms with E-state index in [1.54, 1.807) is 4.90 Å². The number of nitrogens with zero attached hydrogens (tertiary/aromatic N) is 2. The molecular formula is C12H22N2O2. The van der Waals surface area contributed by atoms with E-state index in [4.69, 9.17) is 10.00 Å². The van der Waals surface area contributed by atoms with Gasteiger partial charge in [0.05, 0.1) is 18.1 Å². The number of carbonyl (C=O) groups is 1. The number of hydrogen-bond donors (Lipinski definition) is 0. The molecule has 0 unspecified atom stereocenters. The van der Waals surface area contributed by atoms with Crippen LogP contribution in [0.1, 0.15) is 41.0 Å². The Labute approximate surface area is 98.2 Å². The van der Waals surface area contributed by atoms with E-state index in [2.05, 4.69) is 0 Å². The van der Waals surface area contributed by atoms with Crippen LogP contribution in [-0.4, -0.2) is 35.6 Å². The zero-order valence-electron chi connectivity index (χ0n) is 10.9. The van der Waals surface area contributed by atoms with Gasteiger partial charge in [-0.1, -0.05) is 0 Å². The number of rotatable bonds is 5. The maximum absolute atomic E-state index is 11.8. The Kier molecular flexibility index (Phi) is 6.05. The minimum absolute atomic E-state index is 0.0554. The molecule has 0 spiro atoms. The van der Waals surface area contributed by atoms with Gasteiger partial charge in [-0.05, 0) is 34.6 Å². The first-order valence-corrected chi connectivity index (χ1v) is 5.58. The summed E-state index contributed by atoms with van der Waals surface area (Å²) < 4.78 is 5.43. The Morgan fingerprint density at radius 2 is 2.00 bits per heavy atom. The molecule has 0 aromatic heterocycles. The average Bonchev–Trinajstić information content (AvgIpc) is 2.13. The lowest BCUT2D eigenvalue weighted by Gasteiger charge is -2.27. The number of ether oxygens (including phenoxy) is 1. The van der Waals surface area contributed by atoms with Gasteiger partial charge in [0.15, 0.2) is 0 Å². The van der Waals surface area contributed by atoms with Gasteiger partial charge in [-0.25, -0.2) is 0 Å². The van der Waals surface area contributed by atoms with E-state index < -0.39 is 0 Å². The van der Waals surface area contributed by atoms with Crippen LogP contribution in [0.4, 0.5) is 0 Å². The maximum Gasteiger partial charge on any atom is 0.248 e. The second-order valence-corrected chi connectivity index (χ2v) is 4.99. The summed E-state index contributed by atoms with van der Waals surface area (Å²) in [5, 5.41) is 8.52. The lowest BCUT2D eigenvalue weighted by Crippen LogP contribution is -2.41. The van der Waals surface area contributed by atoms with Gasteiger partial charge >= 0.3 is 0 Å². The van der Waals surface area contributed by atoms with Gasteiger partial charge in [-0.3, -0.25) is 4.79 Å². The quantitative estimate of drug-likeness (QED) is 0.720. The van der Waals surface area contributed by atoms with Crippen LogP contribution in [0.2, 0.25) is 0 Å². The van der Waals surface area contributed by atoms with Gasteiger partial charge in [-0.15, -0.1) is 0 Å². The molecule has 1 amide bonds. The molecule has 0 saturated carbocycles. The lowest BCUT2D eigenvalue weighted by atomic mass is 10.2. The highest BCUT2D eigenvalue weighted by Crippen LogP contribution is 2.08. The topological polar surface area (TPSA) is 53.3 Å². The highest BCUT2D eigenvalue weighted by molar-refractivity contribution is 5.77. The molecule has 0 fully saturated rings. The van der Waals surface area contributed by atoms with Crippen LogP contribution in [-0.2, 0) is 9.53 Å². The summed E-state index contributed by atoms with van der Waals surface area (Å²) >= 11 is 0. The molecule has 0 atom stereocenters. The Hall–Kier alpha value is -1.08. The van der Waals surface area contributed by atoms with E-state index >= 15 is 0 Å². The second-order valence-electron chi connectivity index (χ2n) is 4.99. The van der Waals surface area contributed by atoms with E-state index in [0.29, 0.717) is 13.0 Å². The van der Waals surface area contributed by atoms with E-state index in [1.165, 1.54) is 0 Å². The molecule has 0 saturated heterocycles. The third kappa shape index (κ3) is 6.41. The third-order valence-corrected chi connectivity index (χ3v) is 2.04. The summed E-state index contributed by atoms with van der Waals surface area (Å²) in [6, 6.07) is 2.15. The average molecular weight is 226 g/mol. The van der Waals surface area contributed by atoms with Crippen molar-refractivity contribution in [3.8, 4) is 6.07 Å². The highest BCUT2D eigenvalue weighted by Gasteiger charge is 2.19. The van der Waals surface area contributed by atoms with Crippen molar-refractivity contribution in [2.24, 2.45) is 0 Å². The van der Waals surface area contributed by atoms with Crippen LogP contribution >= 0.6 is 0 Å². The fraction of sp³-hybridized carbons (Fsp3) is 0.833. The fourth-order valence-corrected chi connectivity index (χ4v) is 1.20. The molecule has 4 heteroatoms. The van der Waals surface area contributed by atoms with Crippen LogP contribution in [0.3, 0.4) is 0 Å². The maximum atomic E-state index is 11.8. The summed E-state index contributed by atoms with van der Waals surface area (Å²) in [5.74, 6) is -0.0554. The molecule has 92 valence electrons. The number of carbonyl (C=O) groups excluding carboxylic acids is 1. The monoisotopic (exact) mass is 226 g/mol. The second kappa shape index (κ2) is 6.49. The van der Waals surface area contributed by atoms with E-state index in [1.807, 2.05) is 40.7 Å². The predicted octanol–water partition coefficient (Wildman–Crippen LogP) is 1.95. The van der Waals surface area contributed by atoms with Crippen molar-refractivity contribution < 1.29 is 9.53 Å². The zero-order valence-corrected chi connectivity index (χ0v) is 10.9. The molecule has 0 bridgehead atoms. The predicted molar refractivity (Wildman–Crippen MR) is 62.8 cm³/mol. The van der Waals surface area contributed by atoms with Crippen LogP contribution in [0.5, 0.6) is 0 Å². The van der Waals surface area contributed by atoms with Crippen molar-refractivity contribution in [2.75, 3.05) is 13.2 Å². The summed E-state index contributed by atoms with van der Waals surface area (Å²) in [7, 11) is 0. The fourth-order valence-electron chi connectivity index (χ4n) is 1.20. The SMILES string of the molecule is CC(C)N(CCC#N)C(=O)COC(C)(C)C. The van der Waals surface area contributed by atoms with Crippen molar-refractivity contribution in [3.63, 3.8) is 0 Å². The van der Waals surface area contributed by atoms with E-state index in [-0.39, 0.29) is 24.2 Å². The molecule has 0 N–H and O–H groups in total. The molecule has 0 aromatic rings. The molecule has 0 radical (unpaired) electrons. The van der Waals surface area contributed by atoms with Gasteiger partial charge in [0.2, 0.25) is 5.91 Å². The van der Waals surface area contributed by atoms with Crippen LogP contribution in [0.25, 0.3) is 0 Å². The van der Waals surface area contributed by atoms with Crippen molar-refractivity contribution in [3.05, 3.63) is 0 Å². The largest absolute Gasteiger partial charge is 0.366 e. The Balaban J connectivity index is 4.24. The number of amides is 1. The first-order chi connectivity index (χ1) is 7.28.